The van der Waals surface area contributed by atoms with Crippen molar-refractivity contribution >= 4 is 43.5 Å². The predicted octanol–water partition coefficient (Wildman–Crippen LogP) is 15.3. The molecular formula is C59H38N4. The van der Waals surface area contributed by atoms with Crippen LogP contribution in [0.15, 0.2) is 231 Å². The molecule has 3 heterocycles. The topological polar surface area (TPSA) is 43.6 Å². The van der Waals surface area contributed by atoms with Crippen molar-refractivity contribution in [1.29, 1.82) is 0 Å². The molecule has 0 saturated heterocycles. The van der Waals surface area contributed by atoms with E-state index in [-0.39, 0.29) is 0 Å². The Morgan fingerprint density at radius 1 is 0.286 bits per heavy atom. The second-order valence-corrected chi connectivity index (χ2v) is 16.0. The summed E-state index contributed by atoms with van der Waals surface area (Å²) in [6.45, 7) is 0. The zero-order valence-electron chi connectivity index (χ0n) is 34.2. The zero-order valence-corrected chi connectivity index (χ0v) is 34.2. The first-order chi connectivity index (χ1) is 31.2. The smallest absolute Gasteiger partial charge is 0.160 e. The normalized spacial score (nSPS) is 11.5. The van der Waals surface area contributed by atoms with Crippen LogP contribution in [0.3, 0.4) is 0 Å². The van der Waals surface area contributed by atoms with Crippen LogP contribution in [0.4, 0.5) is 0 Å². The summed E-state index contributed by atoms with van der Waals surface area (Å²) in [7, 11) is 0. The molecule has 12 aromatic rings. The Hall–Kier alpha value is -8.47. The maximum Gasteiger partial charge on any atom is 0.160 e. The second kappa shape index (κ2) is 15.2. The van der Waals surface area contributed by atoms with Crippen LogP contribution in [0.1, 0.15) is 0 Å². The molecule has 0 bridgehead atoms. The number of fused-ring (bicyclic) bond motifs is 7. The van der Waals surface area contributed by atoms with E-state index in [1.807, 2.05) is 12.1 Å². The van der Waals surface area contributed by atoms with E-state index in [0.717, 1.165) is 78.0 Å². The van der Waals surface area contributed by atoms with Crippen LogP contribution in [0, 0.1) is 0 Å². The summed E-state index contributed by atoms with van der Waals surface area (Å²) >= 11 is 0. The van der Waals surface area contributed by atoms with Gasteiger partial charge in [0.2, 0.25) is 0 Å². The molecule has 3 aromatic heterocycles. The Balaban J connectivity index is 0.948. The van der Waals surface area contributed by atoms with E-state index in [4.69, 9.17) is 15.0 Å². The van der Waals surface area contributed by atoms with Crippen LogP contribution in [-0.4, -0.2) is 19.5 Å². The van der Waals surface area contributed by atoms with Crippen molar-refractivity contribution in [2.24, 2.45) is 0 Å². The van der Waals surface area contributed by atoms with E-state index < -0.39 is 0 Å². The van der Waals surface area contributed by atoms with Crippen molar-refractivity contribution in [3.8, 4) is 73.1 Å². The lowest BCUT2D eigenvalue weighted by molar-refractivity contribution is 1.18. The molecule has 0 N–H and O–H groups in total. The van der Waals surface area contributed by atoms with Gasteiger partial charge in [0.25, 0.3) is 0 Å². The number of aromatic nitrogens is 4. The Morgan fingerprint density at radius 3 is 1.54 bits per heavy atom. The van der Waals surface area contributed by atoms with Gasteiger partial charge in [0, 0.05) is 54.9 Å². The van der Waals surface area contributed by atoms with Crippen molar-refractivity contribution < 1.29 is 0 Å². The summed E-state index contributed by atoms with van der Waals surface area (Å²) in [6.07, 6.45) is 0. The van der Waals surface area contributed by atoms with Crippen LogP contribution >= 0.6 is 0 Å². The SMILES string of the molecule is c1ccc(-c2ccc(-c3nc(-c4ccccc4)cc(-c4ccc(-c5cccc(-c6nc7ccccc7c7c6ccc6c7c7ccccc7n6-c6ccccc6)c5)cc4)n3)cc2)cc1. The molecule has 0 spiro atoms. The largest absolute Gasteiger partial charge is 0.309 e. The van der Waals surface area contributed by atoms with E-state index in [2.05, 4.69) is 223 Å². The van der Waals surface area contributed by atoms with Crippen LogP contribution in [-0.2, 0) is 0 Å². The van der Waals surface area contributed by atoms with Gasteiger partial charge < -0.3 is 4.57 Å². The average Bonchev–Trinajstić information content (AvgIpc) is 3.71. The number of rotatable bonds is 7. The molecule has 0 amide bonds. The third-order valence-corrected chi connectivity index (χ3v) is 12.2. The third kappa shape index (κ3) is 6.44. The fraction of sp³-hybridized carbons (Fsp3) is 0. The summed E-state index contributed by atoms with van der Waals surface area (Å²) in [5, 5.41) is 5.97. The van der Waals surface area contributed by atoms with E-state index in [0.29, 0.717) is 5.82 Å². The van der Waals surface area contributed by atoms with Gasteiger partial charge in [-0.05, 0) is 64.7 Å². The van der Waals surface area contributed by atoms with Gasteiger partial charge in [-0.3, -0.25) is 0 Å². The summed E-state index contributed by atoms with van der Waals surface area (Å²) in [5.74, 6) is 0.694. The van der Waals surface area contributed by atoms with Crippen LogP contribution in [0.2, 0.25) is 0 Å². The van der Waals surface area contributed by atoms with Crippen LogP contribution in [0.5, 0.6) is 0 Å². The molecule has 0 aliphatic heterocycles. The third-order valence-electron chi connectivity index (χ3n) is 12.2. The molecular weight excluding hydrogens is 765 g/mol. The van der Waals surface area contributed by atoms with Crippen LogP contribution in [0.25, 0.3) is 117 Å². The zero-order chi connectivity index (χ0) is 41.7. The van der Waals surface area contributed by atoms with Crippen LogP contribution < -0.4 is 0 Å². The van der Waals surface area contributed by atoms with Gasteiger partial charge in [0.05, 0.1) is 33.6 Å². The summed E-state index contributed by atoms with van der Waals surface area (Å²) in [4.78, 5) is 15.6. The fourth-order valence-electron chi connectivity index (χ4n) is 9.18. The van der Waals surface area contributed by atoms with Crippen molar-refractivity contribution in [3.63, 3.8) is 0 Å². The number of nitrogens with zero attached hydrogens (tertiary/aromatic N) is 4. The highest BCUT2D eigenvalue weighted by Crippen LogP contribution is 2.43. The highest BCUT2D eigenvalue weighted by molar-refractivity contribution is 6.29. The van der Waals surface area contributed by atoms with E-state index in [1.54, 1.807) is 0 Å². The predicted molar refractivity (Wildman–Crippen MR) is 262 cm³/mol. The summed E-state index contributed by atoms with van der Waals surface area (Å²) in [5.41, 5.74) is 15.9. The highest BCUT2D eigenvalue weighted by Gasteiger charge is 2.20. The molecule has 4 nitrogen and oxygen atoms in total. The molecule has 63 heavy (non-hydrogen) atoms. The maximum absolute atomic E-state index is 5.38. The standard InChI is InChI=1S/C59H38N4/c1-4-15-39(16-5-1)40-29-33-44(34-30-40)59-61-52(42-17-6-2-7-18-42)38-53(62-59)43-31-27-41(28-32-43)45-19-14-20-46(37-45)58-50-35-36-55-57(56(50)48-23-10-12-25-51(48)60-58)49-24-11-13-26-54(49)63(55)47-21-8-3-9-22-47/h1-38H. The molecule has 0 fully saturated rings. The van der Waals surface area contributed by atoms with Crippen molar-refractivity contribution in [2.75, 3.05) is 0 Å². The molecule has 0 saturated carbocycles. The van der Waals surface area contributed by atoms with Gasteiger partial charge in [-0.15, -0.1) is 0 Å². The first-order valence-electron chi connectivity index (χ1n) is 21.4. The Kier molecular flexibility index (Phi) is 8.79. The quantitative estimate of drug-likeness (QED) is 0.151. The van der Waals surface area contributed by atoms with Crippen molar-refractivity contribution in [2.45, 2.75) is 0 Å². The highest BCUT2D eigenvalue weighted by atomic mass is 15.0. The van der Waals surface area contributed by atoms with Gasteiger partial charge >= 0.3 is 0 Å². The molecule has 0 atom stereocenters. The van der Waals surface area contributed by atoms with Gasteiger partial charge in [0.15, 0.2) is 5.82 Å². The minimum Gasteiger partial charge on any atom is -0.309 e. The molecule has 294 valence electrons. The molecule has 0 aliphatic carbocycles. The Labute approximate surface area is 365 Å². The van der Waals surface area contributed by atoms with E-state index in [9.17, 15) is 0 Å². The lowest BCUT2D eigenvalue weighted by atomic mass is 9.94. The minimum absolute atomic E-state index is 0.694. The number of para-hydroxylation sites is 3. The molecule has 4 heteroatoms. The van der Waals surface area contributed by atoms with Gasteiger partial charge in [0.1, 0.15) is 0 Å². The van der Waals surface area contributed by atoms with Gasteiger partial charge in [-0.1, -0.05) is 188 Å². The monoisotopic (exact) mass is 802 g/mol. The molecule has 12 rings (SSSR count). The molecule has 0 unspecified atom stereocenters. The number of hydrogen-bond acceptors (Lipinski definition) is 3. The minimum atomic E-state index is 0.694. The van der Waals surface area contributed by atoms with E-state index in [1.165, 1.54) is 32.8 Å². The number of hydrogen-bond donors (Lipinski definition) is 0. The number of pyridine rings is 1. The lowest BCUT2D eigenvalue weighted by Crippen LogP contribution is -1.96. The summed E-state index contributed by atoms with van der Waals surface area (Å²) < 4.78 is 2.39. The average molecular weight is 803 g/mol. The second-order valence-electron chi connectivity index (χ2n) is 16.0. The first-order valence-corrected chi connectivity index (χ1v) is 21.4. The lowest BCUT2D eigenvalue weighted by Gasteiger charge is -2.14. The van der Waals surface area contributed by atoms with Crippen molar-refractivity contribution in [3.05, 3.63) is 231 Å². The Bertz CT molecular complexity index is 3630. The van der Waals surface area contributed by atoms with Crippen molar-refractivity contribution in [1.82, 2.24) is 19.5 Å². The van der Waals surface area contributed by atoms with Gasteiger partial charge in [-0.2, -0.15) is 0 Å². The van der Waals surface area contributed by atoms with E-state index >= 15 is 0 Å². The molecule has 0 radical (unpaired) electrons. The molecule has 0 aliphatic rings. The molecule has 9 aromatic carbocycles. The maximum atomic E-state index is 5.38. The first kappa shape index (κ1) is 36.4. The number of benzene rings is 9. The van der Waals surface area contributed by atoms with Gasteiger partial charge in [-0.25, -0.2) is 15.0 Å². The Morgan fingerprint density at radius 2 is 0.810 bits per heavy atom. The summed E-state index contributed by atoms with van der Waals surface area (Å²) in [6, 6.07) is 81.4. The fourth-order valence-corrected chi connectivity index (χ4v) is 9.18.